The molecule has 39 heavy (non-hydrogen) atoms. The van der Waals surface area contributed by atoms with Crippen molar-refractivity contribution >= 4 is 22.7 Å². The highest BCUT2D eigenvalue weighted by Gasteiger charge is 2.36. The predicted octanol–water partition coefficient (Wildman–Crippen LogP) is 5.73. The Labute approximate surface area is 223 Å². The SMILES string of the molecule is [C-]#[N+]c1cncc(-c2nc(NCCc3ccc(O)c(-c4cccc(F)c4)c3)c3nc4n(c3n2)C(C)(C)CO4)c1. The zero-order valence-corrected chi connectivity index (χ0v) is 21.3. The fourth-order valence-electron chi connectivity index (χ4n) is 4.70. The number of phenols is 1. The minimum absolute atomic E-state index is 0.0878. The molecule has 6 rings (SSSR count). The van der Waals surface area contributed by atoms with E-state index in [4.69, 9.17) is 21.3 Å². The van der Waals surface area contributed by atoms with Crippen LogP contribution in [0, 0.1) is 12.4 Å². The van der Waals surface area contributed by atoms with Gasteiger partial charge in [-0.2, -0.15) is 4.98 Å². The monoisotopic (exact) mass is 521 g/mol. The third-order valence-corrected chi connectivity index (χ3v) is 6.65. The van der Waals surface area contributed by atoms with Crippen LogP contribution in [0.1, 0.15) is 19.4 Å². The van der Waals surface area contributed by atoms with Crippen molar-refractivity contribution in [3.05, 3.63) is 83.7 Å². The van der Waals surface area contributed by atoms with Gasteiger partial charge in [-0.1, -0.05) is 18.2 Å². The largest absolute Gasteiger partial charge is 0.507 e. The summed E-state index contributed by atoms with van der Waals surface area (Å²) in [5, 5.41) is 13.8. The number of phenolic OH excluding ortho intramolecular Hbond substituents is 1. The number of anilines is 1. The van der Waals surface area contributed by atoms with Gasteiger partial charge in [0.15, 0.2) is 22.8 Å². The van der Waals surface area contributed by atoms with E-state index in [1.165, 1.54) is 18.3 Å². The summed E-state index contributed by atoms with van der Waals surface area (Å²) in [5.41, 5.74) is 4.02. The van der Waals surface area contributed by atoms with Crippen LogP contribution in [0.2, 0.25) is 0 Å². The van der Waals surface area contributed by atoms with Gasteiger partial charge in [-0.05, 0) is 61.7 Å². The van der Waals surface area contributed by atoms with E-state index in [1.807, 2.05) is 16.7 Å². The van der Waals surface area contributed by atoms with Crippen molar-refractivity contribution in [3.63, 3.8) is 0 Å². The Bertz CT molecular complexity index is 1770. The van der Waals surface area contributed by atoms with Crippen LogP contribution >= 0.6 is 0 Å². The number of rotatable bonds is 6. The fraction of sp³-hybridized carbons (Fsp3) is 0.207. The molecule has 0 bridgehead atoms. The lowest BCUT2D eigenvalue weighted by molar-refractivity contribution is 0.268. The van der Waals surface area contributed by atoms with Crippen molar-refractivity contribution in [1.82, 2.24) is 24.5 Å². The van der Waals surface area contributed by atoms with Crippen LogP contribution in [0.5, 0.6) is 11.8 Å². The van der Waals surface area contributed by atoms with Crippen molar-refractivity contribution in [1.29, 1.82) is 0 Å². The molecule has 0 saturated carbocycles. The van der Waals surface area contributed by atoms with Crippen LogP contribution in [0.15, 0.2) is 60.9 Å². The summed E-state index contributed by atoms with van der Waals surface area (Å²) in [6.45, 7) is 12.4. The maximum absolute atomic E-state index is 13.8. The maximum atomic E-state index is 13.8. The smallest absolute Gasteiger partial charge is 0.299 e. The van der Waals surface area contributed by atoms with E-state index in [-0.39, 0.29) is 17.1 Å². The van der Waals surface area contributed by atoms with Gasteiger partial charge in [0.2, 0.25) is 5.69 Å². The summed E-state index contributed by atoms with van der Waals surface area (Å²) in [6, 6.07) is 13.7. The van der Waals surface area contributed by atoms with Gasteiger partial charge in [0.25, 0.3) is 6.01 Å². The van der Waals surface area contributed by atoms with E-state index in [1.54, 1.807) is 30.5 Å². The lowest BCUT2D eigenvalue weighted by Gasteiger charge is -2.18. The second-order valence-corrected chi connectivity index (χ2v) is 9.98. The minimum atomic E-state index is -0.362. The van der Waals surface area contributed by atoms with Gasteiger partial charge < -0.3 is 15.2 Å². The lowest BCUT2D eigenvalue weighted by atomic mass is 10.0. The van der Waals surface area contributed by atoms with Crippen LogP contribution in [0.4, 0.5) is 15.9 Å². The van der Waals surface area contributed by atoms with Crippen LogP contribution in [-0.2, 0) is 12.0 Å². The van der Waals surface area contributed by atoms with Crippen molar-refractivity contribution < 1.29 is 14.2 Å². The Hall–Kier alpha value is -5.04. The summed E-state index contributed by atoms with van der Waals surface area (Å²) in [6.07, 6.45) is 3.73. The van der Waals surface area contributed by atoms with E-state index < -0.39 is 0 Å². The van der Waals surface area contributed by atoms with E-state index in [2.05, 4.69) is 34.0 Å². The van der Waals surface area contributed by atoms with E-state index in [0.29, 0.717) is 70.8 Å². The van der Waals surface area contributed by atoms with Crippen LogP contribution in [-0.4, -0.2) is 42.8 Å². The molecule has 0 fully saturated rings. The Kier molecular flexibility index (Phi) is 5.84. The molecule has 0 radical (unpaired) electrons. The zero-order valence-electron chi connectivity index (χ0n) is 21.3. The van der Waals surface area contributed by atoms with Crippen molar-refractivity contribution in [2.45, 2.75) is 25.8 Å². The third-order valence-electron chi connectivity index (χ3n) is 6.65. The minimum Gasteiger partial charge on any atom is -0.507 e. The number of halogens is 1. The van der Waals surface area contributed by atoms with Crippen molar-refractivity contribution in [2.75, 3.05) is 18.5 Å². The Morgan fingerprint density at radius 1 is 1.10 bits per heavy atom. The normalized spacial score (nSPS) is 13.6. The molecule has 0 saturated heterocycles. The maximum Gasteiger partial charge on any atom is 0.299 e. The number of ether oxygens (including phenoxy) is 1. The molecule has 0 atom stereocenters. The summed E-state index contributed by atoms with van der Waals surface area (Å²) in [7, 11) is 0. The first-order valence-electron chi connectivity index (χ1n) is 12.4. The Balaban J connectivity index is 1.34. The number of hydrogen-bond acceptors (Lipinski definition) is 7. The molecule has 194 valence electrons. The van der Waals surface area contributed by atoms with Crippen molar-refractivity contribution in [2.24, 2.45) is 0 Å². The van der Waals surface area contributed by atoms with E-state index >= 15 is 0 Å². The number of imidazole rings is 1. The number of pyridine rings is 1. The molecule has 1 aliphatic rings. The van der Waals surface area contributed by atoms with Crippen LogP contribution in [0.25, 0.3) is 38.5 Å². The van der Waals surface area contributed by atoms with Gasteiger partial charge in [0, 0.05) is 30.1 Å². The standard InChI is InChI=1S/C29H24FN7O2/c1-29(2)16-39-28-34-24-26(35-25(36-27(24)37(28)29)19-13-21(31-3)15-32-14-19)33-10-9-17-7-8-23(38)22(11-17)18-5-4-6-20(30)12-18/h4-8,11-15,38H,9-10,16H2,1-2H3,(H,33,35,36). The number of aromatic hydroxyl groups is 1. The first-order valence-corrected chi connectivity index (χ1v) is 12.4. The molecule has 0 aliphatic carbocycles. The third kappa shape index (κ3) is 4.48. The van der Waals surface area contributed by atoms with Crippen LogP contribution < -0.4 is 10.1 Å². The fourth-order valence-corrected chi connectivity index (χ4v) is 4.70. The first-order chi connectivity index (χ1) is 18.8. The molecular formula is C29H24FN7O2. The Morgan fingerprint density at radius 2 is 1.97 bits per heavy atom. The summed E-state index contributed by atoms with van der Waals surface area (Å²) in [4.78, 5) is 21.9. The van der Waals surface area contributed by atoms with Gasteiger partial charge in [0.1, 0.15) is 18.2 Å². The molecule has 5 aromatic rings. The Morgan fingerprint density at radius 3 is 2.79 bits per heavy atom. The molecule has 3 aromatic heterocycles. The first kappa shape index (κ1) is 24.3. The van der Waals surface area contributed by atoms with Gasteiger partial charge in [-0.15, -0.1) is 0 Å². The van der Waals surface area contributed by atoms with Gasteiger partial charge in [-0.3, -0.25) is 9.55 Å². The highest BCUT2D eigenvalue weighted by atomic mass is 19.1. The molecule has 1 aliphatic heterocycles. The average molecular weight is 522 g/mol. The molecular weight excluding hydrogens is 497 g/mol. The quantitative estimate of drug-likeness (QED) is 0.275. The zero-order chi connectivity index (χ0) is 27.1. The molecule has 0 unspecified atom stereocenters. The highest BCUT2D eigenvalue weighted by molar-refractivity contribution is 5.87. The summed E-state index contributed by atoms with van der Waals surface area (Å²) in [5.74, 6) is 0.684. The topological polar surface area (TPSA) is 102 Å². The second kappa shape index (κ2) is 9.36. The molecule has 10 heteroatoms. The number of nitrogens with one attached hydrogen (secondary N) is 1. The number of hydrogen-bond donors (Lipinski definition) is 2. The molecule has 2 aromatic carbocycles. The van der Waals surface area contributed by atoms with Gasteiger partial charge >= 0.3 is 0 Å². The molecule has 0 spiro atoms. The van der Waals surface area contributed by atoms with Crippen LogP contribution in [0.3, 0.4) is 0 Å². The van der Waals surface area contributed by atoms with Crippen molar-refractivity contribution in [3.8, 4) is 34.3 Å². The average Bonchev–Trinajstić information content (AvgIpc) is 3.46. The van der Waals surface area contributed by atoms with Gasteiger partial charge in [-0.25, -0.2) is 19.2 Å². The number of benzene rings is 2. The lowest BCUT2D eigenvalue weighted by Crippen LogP contribution is -2.25. The number of nitrogens with zero attached hydrogens (tertiary/aromatic N) is 6. The molecule has 0 amide bonds. The highest BCUT2D eigenvalue weighted by Crippen LogP contribution is 2.37. The van der Waals surface area contributed by atoms with E-state index in [9.17, 15) is 9.50 Å². The van der Waals surface area contributed by atoms with Gasteiger partial charge in [0.05, 0.1) is 12.1 Å². The molecule has 9 nitrogen and oxygen atoms in total. The summed E-state index contributed by atoms with van der Waals surface area (Å²) < 4.78 is 21.6. The molecule has 4 heterocycles. The number of fused-ring (bicyclic) bond motifs is 3. The predicted molar refractivity (Wildman–Crippen MR) is 145 cm³/mol. The van der Waals surface area contributed by atoms with E-state index in [0.717, 1.165) is 5.56 Å². The second-order valence-electron chi connectivity index (χ2n) is 9.98. The summed E-state index contributed by atoms with van der Waals surface area (Å²) >= 11 is 0. The molecule has 2 N–H and O–H groups in total. The number of aromatic nitrogens is 5.